The molecule has 134 valence electrons. The van der Waals surface area contributed by atoms with Gasteiger partial charge in [-0.3, -0.25) is 10.1 Å². The molecule has 1 atom stereocenters. The summed E-state index contributed by atoms with van der Waals surface area (Å²) in [5.74, 6) is 0.894. The van der Waals surface area contributed by atoms with Crippen LogP contribution in [0.15, 0.2) is 22.7 Å². The molecule has 0 fully saturated rings. The Bertz CT molecular complexity index is 564. The van der Waals surface area contributed by atoms with E-state index in [2.05, 4.69) is 45.7 Å². The van der Waals surface area contributed by atoms with Gasteiger partial charge in [-0.2, -0.15) is 0 Å². The van der Waals surface area contributed by atoms with Gasteiger partial charge >= 0.3 is 6.03 Å². The molecule has 0 heterocycles. The fourth-order valence-electron chi connectivity index (χ4n) is 2.01. The molecule has 6 nitrogen and oxygen atoms in total. The van der Waals surface area contributed by atoms with Crippen LogP contribution < -0.4 is 20.7 Å². The molecule has 0 saturated heterocycles. The summed E-state index contributed by atoms with van der Waals surface area (Å²) in [6, 6.07) is 5.23. The van der Waals surface area contributed by atoms with Gasteiger partial charge in [0.05, 0.1) is 18.1 Å². The van der Waals surface area contributed by atoms with E-state index in [1.807, 2.05) is 25.1 Å². The number of benzene rings is 1. The van der Waals surface area contributed by atoms with E-state index in [1.54, 1.807) is 7.11 Å². The number of rotatable bonds is 8. The smallest absolute Gasteiger partial charge is 0.321 e. The average molecular weight is 400 g/mol. The minimum atomic E-state index is -0.456. The topological polar surface area (TPSA) is 79.5 Å². The van der Waals surface area contributed by atoms with Crippen LogP contribution in [0.5, 0.6) is 5.75 Å². The Morgan fingerprint density at radius 3 is 2.54 bits per heavy atom. The zero-order chi connectivity index (χ0) is 18.1. The third-order valence-electron chi connectivity index (χ3n) is 3.50. The van der Waals surface area contributed by atoms with E-state index in [-0.39, 0.29) is 18.5 Å². The van der Waals surface area contributed by atoms with Crippen LogP contribution in [0.1, 0.15) is 38.8 Å². The summed E-state index contributed by atoms with van der Waals surface area (Å²) in [4.78, 5) is 23.4. The van der Waals surface area contributed by atoms with Gasteiger partial charge in [-0.25, -0.2) is 4.79 Å². The largest absolute Gasteiger partial charge is 0.496 e. The second kappa shape index (κ2) is 10.3. The van der Waals surface area contributed by atoms with Crippen molar-refractivity contribution in [2.24, 2.45) is 5.92 Å². The minimum Gasteiger partial charge on any atom is -0.496 e. The molecule has 0 spiro atoms. The molecule has 0 radical (unpaired) electrons. The van der Waals surface area contributed by atoms with E-state index in [0.29, 0.717) is 12.5 Å². The first-order valence-electron chi connectivity index (χ1n) is 7.98. The van der Waals surface area contributed by atoms with Crippen LogP contribution in [0.4, 0.5) is 4.79 Å². The van der Waals surface area contributed by atoms with Crippen molar-refractivity contribution in [3.8, 4) is 5.75 Å². The summed E-state index contributed by atoms with van der Waals surface area (Å²) in [6.07, 6.45) is 0.878. The van der Waals surface area contributed by atoms with Gasteiger partial charge in [-0.15, -0.1) is 0 Å². The van der Waals surface area contributed by atoms with Crippen molar-refractivity contribution in [1.29, 1.82) is 0 Å². The normalized spacial score (nSPS) is 11.9. The van der Waals surface area contributed by atoms with E-state index < -0.39 is 6.03 Å². The highest BCUT2D eigenvalue weighted by atomic mass is 79.9. The third-order valence-corrected chi connectivity index (χ3v) is 4.12. The van der Waals surface area contributed by atoms with Crippen molar-refractivity contribution in [2.75, 3.05) is 20.2 Å². The van der Waals surface area contributed by atoms with Crippen molar-refractivity contribution in [3.63, 3.8) is 0 Å². The van der Waals surface area contributed by atoms with Crippen molar-refractivity contribution in [1.82, 2.24) is 16.0 Å². The number of ether oxygens (including phenoxy) is 1. The Labute approximate surface area is 151 Å². The summed E-state index contributed by atoms with van der Waals surface area (Å²) in [7, 11) is 1.61. The third kappa shape index (κ3) is 7.31. The lowest BCUT2D eigenvalue weighted by Crippen LogP contribution is -2.44. The van der Waals surface area contributed by atoms with E-state index in [9.17, 15) is 9.59 Å². The molecule has 1 rings (SSSR count). The SMILES string of the molecule is COc1ccc([C@H](C)NCC(=O)NC(=O)NCCC(C)C)cc1Br. The maximum absolute atomic E-state index is 11.8. The monoisotopic (exact) mass is 399 g/mol. The maximum atomic E-state index is 11.8. The number of nitrogens with one attached hydrogen (secondary N) is 3. The van der Waals surface area contributed by atoms with Gasteiger partial charge in [0, 0.05) is 12.6 Å². The molecule has 0 aliphatic carbocycles. The van der Waals surface area contributed by atoms with E-state index in [4.69, 9.17) is 4.74 Å². The Hall–Kier alpha value is -1.60. The van der Waals surface area contributed by atoms with Crippen LogP contribution in [0, 0.1) is 5.92 Å². The zero-order valence-corrected chi connectivity index (χ0v) is 16.2. The number of hydrogen-bond acceptors (Lipinski definition) is 4. The van der Waals surface area contributed by atoms with Crippen LogP contribution in [0.3, 0.4) is 0 Å². The number of carbonyl (C=O) groups excluding carboxylic acids is 2. The fraction of sp³-hybridized carbons (Fsp3) is 0.529. The Kier molecular flexibility index (Phi) is 8.78. The first-order valence-corrected chi connectivity index (χ1v) is 8.77. The first kappa shape index (κ1) is 20.4. The van der Waals surface area contributed by atoms with Gasteiger partial charge in [0.15, 0.2) is 0 Å². The number of halogens is 1. The lowest BCUT2D eigenvalue weighted by Gasteiger charge is -2.15. The number of hydrogen-bond donors (Lipinski definition) is 3. The van der Waals surface area contributed by atoms with E-state index in [0.717, 1.165) is 22.2 Å². The molecule has 0 saturated carbocycles. The average Bonchev–Trinajstić information content (AvgIpc) is 2.52. The molecule has 1 aromatic rings. The number of methoxy groups -OCH3 is 1. The molecule has 0 aliphatic rings. The van der Waals surface area contributed by atoms with Gasteiger partial charge in [0.1, 0.15) is 5.75 Å². The molecule has 0 aliphatic heterocycles. The summed E-state index contributed by atoms with van der Waals surface area (Å²) >= 11 is 3.44. The lowest BCUT2D eigenvalue weighted by atomic mass is 10.1. The van der Waals surface area contributed by atoms with Crippen LogP contribution in [0.2, 0.25) is 0 Å². The molecular formula is C17H26BrN3O3. The van der Waals surface area contributed by atoms with Gasteiger partial charge in [0.2, 0.25) is 5.91 Å². The summed E-state index contributed by atoms with van der Waals surface area (Å²) < 4.78 is 6.04. The Balaban J connectivity index is 2.38. The molecule has 3 N–H and O–H groups in total. The number of imide groups is 1. The summed E-state index contributed by atoms with van der Waals surface area (Å²) in [5, 5.41) is 8.06. The lowest BCUT2D eigenvalue weighted by molar-refractivity contribution is -0.119. The van der Waals surface area contributed by atoms with Crippen molar-refractivity contribution in [2.45, 2.75) is 33.2 Å². The quantitative estimate of drug-likeness (QED) is 0.627. The fourth-order valence-corrected chi connectivity index (χ4v) is 2.56. The Morgan fingerprint density at radius 1 is 1.25 bits per heavy atom. The Morgan fingerprint density at radius 2 is 1.96 bits per heavy atom. The van der Waals surface area contributed by atoms with Gasteiger partial charge in [-0.05, 0) is 52.9 Å². The standard InChI is InChI=1S/C17H26BrN3O3/c1-11(2)7-8-19-17(23)21-16(22)10-20-12(3)13-5-6-15(24-4)14(18)9-13/h5-6,9,11-12,20H,7-8,10H2,1-4H3,(H2,19,21,22,23)/t12-/m0/s1. The number of carbonyl (C=O) groups is 2. The van der Waals surface area contributed by atoms with Crippen molar-refractivity contribution < 1.29 is 14.3 Å². The molecule has 1 aromatic carbocycles. The van der Waals surface area contributed by atoms with E-state index in [1.165, 1.54) is 0 Å². The van der Waals surface area contributed by atoms with Crippen LogP contribution in [-0.4, -0.2) is 32.1 Å². The molecule has 7 heteroatoms. The van der Waals surface area contributed by atoms with Gasteiger partial charge in [0.25, 0.3) is 0 Å². The predicted octanol–water partition coefficient (Wildman–Crippen LogP) is 2.98. The summed E-state index contributed by atoms with van der Waals surface area (Å²) in [6.45, 7) is 6.72. The second-order valence-corrected chi connectivity index (χ2v) is 6.84. The molecule has 0 aromatic heterocycles. The zero-order valence-electron chi connectivity index (χ0n) is 14.6. The highest BCUT2D eigenvalue weighted by molar-refractivity contribution is 9.10. The molecule has 0 bridgehead atoms. The van der Waals surface area contributed by atoms with E-state index >= 15 is 0 Å². The number of amides is 3. The van der Waals surface area contributed by atoms with Crippen molar-refractivity contribution in [3.05, 3.63) is 28.2 Å². The highest BCUT2D eigenvalue weighted by Gasteiger charge is 2.12. The highest BCUT2D eigenvalue weighted by Crippen LogP contribution is 2.27. The van der Waals surface area contributed by atoms with Gasteiger partial charge < -0.3 is 15.4 Å². The summed E-state index contributed by atoms with van der Waals surface area (Å²) in [5.41, 5.74) is 1.01. The van der Waals surface area contributed by atoms with Crippen LogP contribution in [0.25, 0.3) is 0 Å². The minimum absolute atomic E-state index is 0.0399. The van der Waals surface area contributed by atoms with Crippen molar-refractivity contribution >= 4 is 27.9 Å². The molecule has 0 unspecified atom stereocenters. The molecule has 24 heavy (non-hydrogen) atoms. The second-order valence-electron chi connectivity index (χ2n) is 5.98. The van der Waals surface area contributed by atoms with Crippen LogP contribution in [-0.2, 0) is 4.79 Å². The maximum Gasteiger partial charge on any atom is 0.321 e. The number of urea groups is 1. The van der Waals surface area contributed by atoms with Gasteiger partial charge in [-0.1, -0.05) is 19.9 Å². The molecular weight excluding hydrogens is 374 g/mol. The van der Waals surface area contributed by atoms with Crippen LogP contribution >= 0.6 is 15.9 Å². The predicted molar refractivity (Wildman–Crippen MR) is 98.1 cm³/mol. The first-order chi connectivity index (χ1) is 11.3. The molecule has 3 amide bonds.